The van der Waals surface area contributed by atoms with Crippen molar-refractivity contribution in [2.45, 2.75) is 38.1 Å². The number of carbonyl (C=O) groups is 1. The van der Waals surface area contributed by atoms with Crippen LogP contribution in [0.1, 0.15) is 27.2 Å². The number of hydrogen-bond donors (Lipinski definition) is 1. The summed E-state index contributed by atoms with van der Waals surface area (Å²) in [6.45, 7) is 5.91. The molecule has 0 aromatic heterocycles. The molecule has 8 nitrogen and oxygen atoms in total. The van der Waals surface area contributed by atoms with Crippen LogP contribution in [0.15, 0.2) is 53.4 Å². The van der Waals surface area contributed by atoms with Crippen LogP contribution >= 0.6 is 11.6 Å². The fourth-order valence-corrected chi connectivity index (χ4v) is 6.17. The first-order valence-electron chi connectivity index (χ1n) is 10.1. The molecule has 0 unspecified atom stereocenters. The Morgan fingerprint density at radius 2 is 1.59 bits per heavy atom. The SMILES string of the molecule is CC[C@@H](C(=O)Nc1ccc(S(=O)(=O)N(CC)CC)cc1)N(c1cccc(Cl)c1)S(C)(=O)=O. The Balaban J connectivity index is 2.31. The van der Waals surface area contributed by atoms with Gasteiger partial charge in [-0.3, -0.25) is 9.10 Å². The van der Waals surface area contributed by atoms with E-state index >= 15 is 0 Å². The lowest BCUT2D eigenvalue weighted by Crippen LogP contribution is -2.47. The molecular formula is C21H28ClN3O5S2. The number of sulfonamides is 2. The smallest absolute Gasteiger partial charge is 0.248 e. The van der Waals surface area contributed by atoms with Crippen LogP contribution in [-0.4, -0.2) is 52.4 Å². The fraction of sp³-hybridized carbons (Fsp3) is 0.381. The van der Waals surface area contributed by atoms with Crippen LogP contribution in [0.25, 0.3) is 0 Å². The summed E-state index contributed by atoms with van der Waals surface area (Å²) in [7, 11) is -7.42. The number of halogens is 1. The number of nitrogens with one attached hydrogen (secondary N) is 1. The Hall–Kier alpha value is -2.14. The highest BCUT2D eigenvalue weighted by atomic mass is 35.5. The van der Waals surface area contributed by atoms with Crippen molar-refractivity contribution in [1.82, 2.24) is 4.31 Å². The molecule has 176 valence electrons. The van der Waals surface area contributed by atoms with Gasteiger partial charge in [-0.25, -0.2) is 16.8 Å². The Morgan fingerprint density at radius 3 is 2.06 bits per heavy atom. The van der Waals surface area contributed by atoms with E-state index in [0.29, 0.717) is 23.8 Å². The average Bonchev–Trinajstić information content (AvgIpc) is 2.72. The van der Waals surface area contributed by atoms with Gasteiger partial charge in [-0.15, -0.1) is 0 Å². The molecule has 0 aliphatic rings. The van der Waals surface area contributed by atoms with Crippen molar-refractivity contribution in [3.05, 3.63) is 53.6 Å². The second-order valence-corrected chi connectivity index (χ2v) is 11.3. The molecule has 0 spiro atoms. The van der Waals surface area contributed by atoms with E-state index in [1.165, 1.54) is 34.6 Å². The van der Waals surface area contributed by atoms with Crippen molar-refractivity contribution in [2.75, 3.05) is 29.0 Å². The number of hydrogen-bond acceptors (Lipinski definition) is 5. The Kier molecular flexibility index (Phi) is 8.69. The van der Waals surface area contributed by atoms with Gasteiger partial charge in [0.2, 0.25) is 26.0 Å². The van der Waals surface area contributed by atoms with Gasteiger partial charge in [-0.2, -0.15) is 4.31 Å². The molecular weight excluding hydrogens is 474 g/mol. The molecule has 0 fully saturated rings. The monoisotopic (exact) mass is 501 g/mol. The first kappa shape index (κ1) is 26.1. The largest absolute Gasteiger partial charge is 0.324 e. The predicted molar refractivity (Wildman–Crippen MR) is 128 cm³/mol. The molecule has 0 radical (unpaired) electrons. The maximum atomic E-state index is 13.0. The van der Waals surface area contributed by atoms with Crippen molar-refractivity contribution in [1.29, 1.82) is 0 Å². The van der Waals surface area contributed by atoms with E-state index in [2.05, 4.69) is 5.32 Å². The lowest BCUT2D eigenvalue weighted by Gasteiger charge is -2.30. The molecule has 2 rings (SSSR count). The molecule has 11 heteroatoms. The molecule has 1 amide bonds. The minimum absolute atomic E-state index is 0.114. The number of benzene rings is 2. The van der Waals surface area contributed by atoms with Crippen LogP contribution in [0, 0.1) is 0 Å². The van der Waals surface area contributed by atoms with Crippen LogP contribution < -0.4 is 9.62 Å². The summed E-state index contributed by atoms with van der Waals surface area (Å²) in [5, 5.41) is 3.02. The Bertz CT molecular complexity index is 1150. The summed E-state index contributed by atoms with van der Waals surface area (Å²) in [4.78, 5) is 13.1. The number of anilines is 2. The molecule has 32 heavy (non-hydrogen) atoms. The highest BCUT2D eigenvalue weighted by molar-refractivity contribution is 7.92. The first-order chi connectivity index (χ1) is 14.9. The quantitative estimate of drug-likeness (QED) is 0.536. The molecule has 0 saturated carbocycles. The summed E-state index contributed by atoms with van der Waals surface area (Å²) >= 11 is 6.02. The Morgan fingerprint density at radius 1 is 1.00 bits per heavy atom. The van der Waals surface area contributed by atoms with Crippen LogP contribution in [0.2, 0.25) is 5.02 Å². The van der Waals surface area contributed by atoms with Crippen LogP contribution in [-0.2, 0) is 24.8 Å². The number of rotatable bonds is 10. The van der Waals surface area contributed by atoms with Crippen LogP contribution in [0.5, 0.6) is 0 Å². The van der Waals surface area contributed by atoms with Gasteiger partial charge in [0.25, 0.3) is 0 Å². The first-order valence-corrected chi connectivity index (χ1v) is 13.8. The van der Waals surface area contributed by atoms with Gasteiger partial charge in [0.1, 0.15) is 6.04 Å². The third-order valence-electron chi connectivity index (χ3n) is 4.86. The van der Waals surface area contributed by atoms with Crippen molar-refractivity contribution in [3.8, 4) is 0 Å². The minimum atomic E-state index is -3.80. The zero-order valence-electron chi connectivity index (χ0n) is 18.4. The van der Waals surface area contributed by atoms with Gasteiger partial charge >= 0.3 is 0 Å². The van der Waals surface area contributed by atoms with E-state index in [0.717, 1.165) is 10.6 Å². The van der Waals surface area contributed by atoms with E-state index < -0.39 is 32.0 Å². The molecule has 0 bridgehead atoms. The zero-order chi connectivity index (χ0) is 24.1. The van der Waals surface area contributed by atoms with Gasteiger partial charge in [0.15, 0.2) is 0 Å². The zero-order valence-corrected chi connectivity index (χ0v) is 20.8. The lowest BCUT2D eigenvalue weighted by molar-refractivity contribution is -0.117. The van der Waals surface area contributed by atoms with E-state index in [4.69, 9.17) is 11.6 Å². The second-order valence-electron chi connectivity index (χ2n) is 7.07. The third kappa shape index (κ3) is 6.00. The maximum absolute atomic E-state index is 13.0. The molecule has 1 N–H and O–H groups in total. The normalized spacial score (nSPS) is 13.1. The molecule has 2 aromatic rings. The molecule has 0 aliphatic heterocycles. The van der Waals surface area contributed by atoms with E-state index in [-0.39, 0.29) is 17.0 Å². The predicted octanol–water partition coefficient (Wildman–Crippen LogP) is 3.55. The van der Waals surface area contributed by atoms with Crippen molar-refractivity contribution in [3.63, 3.8) is 0 Å². The summed E-state index contributed by atoms with van der Waals surface area (Å²) < 4.78 is 52.6. The topological polar surface area (TPSA) is 104 Å². The second kappa shape index (κ2) is 10.7. The molecule has 0 aliphatic carbocycles. The van der Waals surface area contributed by atoms with E-state index in [1.54, 1.807) is 39.0 Å². The standard InChI is InChI=1S/C21H28ClN3O5S2/c1-5-20(25(31(4,27)28)18-10-8-9-16(22)15-18)21(26)23-17-11-13-19(14-12-17)32(29,30)24(6-2)7-3/h8-15,20H,5-7H2,1-4H3,(H,23,26)/t20-/m0/s1. The van der Waals surface area contributed by atoms with Crippen molar-refractivity contribution in [2.24, 2.45) is 0 Å². The Labute approximate surface area is 195 Å². The van der Waals surface area contributed by atoms with E-state index in [1.807, 2.05) is 0 Å². The average molecular weight is 502 g/mol. The molecule has 0 heterocycles. The lowest BCUT2D eigenvalue weighted by atomic mass is 10.2. The number of carbonyl (C=O) groups excluding carboxylic acids is 1. The summed E-state index contributed by atoms with van der Waals surface area (Å²) in [6, 6.07) is 11.0. The van der Waals surface area contributed by atoms with Gasteiger partial charge in [0.05, 0.1) is 16.8 Å². The minimum Gasteiger partial charge on any atom is -0.324 e. The van der Waals surface area contributed by atoms with Gasteiger partial charge in [-0.1, -0.05) is 38.4 Å². The van der Waals surface area contributed by atoms with E-state index in [9.17, 15) is 21.6 Å². The van der Waals surface area contributed by atoms with Crippen molar-refractivity contribution < 1.29 is 21.6 Å². The summed E-state index contributed by atoms with van der Waals surface area (Å²) in [5.74, 6) is -0.544. The highest BCUT2D eigenvalue weighted by Gasteiger charge is 2.32. The fourth-order valence-electron chi connectivity index (χ4n) is 3.32. The van der Waals surface area contributed by atoms with Crippen LogP contribution in [0.3, 0.4) is 0 Å². The van der Waals surface area contributed by atoms with Crippen molar-refractivity contribution >= 4 is 48.9 Å². The van der Waals surface area contributed by atoms with Gasteiger partial charge < -0.3 is 5.32 Å². The van der Waals surface area contributed by atoms with Gasteiger partial charge in [-0.05, 0) is 48.9 Å². The third-order valence-corrected chi connectivity index (χ3v) is 8.34. The highest BCUT2D eigenvalue weighted by Crippen LogP contribution is 2.26. The molecule has 1 atom stereocenters. The van der Waals surface area contributed by atoms with Gasteiger partial charge in [0, 0.05) is 23.8 Å². The molecule has 0 saturated heterocycles. The number of nitrogens with zero attached hydrogens (tertiary/aromatic N) is 2. The molecule has 2 aromatic carbocycles. The number of amides is 1. The van der Waals surface area contributed by atoms with Crippen LogP contribution in [0.4, 0.5) is 11.4 Å². The maximum Gasteiger partial charge on any atom is 0.248 e. The summed E-state index contributed by atoms with van der Waals surface area (Å²) in [5.41, 5.74) is 0.633. The summed E-state index contributed by atoms with van der Waals surface area (Å²) in [6.07, 6.45) is 1.23.